The smallest absolute Gasteiger partial charge is 0.352 e. The summed E-state index contributed by atoms with van der Waals surface area (Å²) < 4.78 is 0. The van der Waals surface area contributed by atoms with E-state index >= 15 is 0 Å². The number of aromatic amines is 1. The summed E-state index contributed by atoms with van der Waals surface area (Å²) in [4.78, 5) is 24.7. The Balaban J connectivity index is 1.51. The molecule has 1 aliphatic heterocycles. The first-order valence-electron chi connectivity index (χ1n) is 8.11. The van der Waals surface area contributed by atoms with Crippen molar-refractivity contribution in [3.63, 3.8) is 0 Å². The lowest BCUT2D eigenvalue weighted by Gasteiger charge is -2.29. The van der Waals surface area contributed by atoms with E-state index in [-0.39, 0.29) is 5.69 Å². The zero-order valence-electron chi connectivity index (χ0n) is 13.5. The molecular weight excluding hydrogens is 320 g/mol. The molecule has 0 atom stereocenters. The van der Waals surface area contributed by atoms with Crippen LogP contribution < -0.4 is 15.5 Å². The number of fused-ring (bicyclic) bond motifs is 1. The maximum Gasteiger partial charge on any atom is 0.352 e. The third kappa shape index (κ3) is 3.24. The van der Waals surface area contributed by atoms with Crippen molar-refractivity contribution in [1.29, 1.82) is 0 Å². The van der Waals surface area contributed by atoms with Crippen molar-refractivity contribution in [1.82, 2.24) is 20.3 Å². The van der Waals surface area contributed by atoms with E-state index in [1.807, 2.05) is 12.1 Å². The number of H-pyrrole nitrogens is 1. The van der Waals surface area contributed by atoms with Gasteiger partial charge in [0.1, 0.15) is 11.3 Å². The lowest BCUT2D eigenvalue weighted by Crippen LogP contribution is -2.43. The largest absolute Gasteiger partial charge is 0.477 e. The number of anilines is 3. The molecule has 0 radical (unpaired) electrons. The maximum absolute atomic E-state index is 11.0. The molecule has 0 unspecified atom stereocenters. The summed E-state index contributed by atoms with van der Waals surface area (Å²) in [6.07, 6.45) is 1.60. The molecule has 8 nitrogen and oxygen atoms in total. The first-order chi connectivity index (χ1) is 12.2. The third-order valence-electron chi connectivity index (χ3n) is 4.21. The molecule has 4 rings (SSSR count). The summed E-state index contributed by atoms with van der Waals surface area (Å²) in [5, 5.41) is 16.2. The van der Waals surface area contributed by atoms with E-state index in [4.69, 9.17) is 5.11 Å². The highest BCUT2D eigenvalue weighted by atomic mass is 16.4. The number of carboxylic acids is 1. The molecule has 2 aromatic heterocycles. The molecule has 128 valence electrons. The Bertz CT molecular complexity index is 899. The van der Waals surface area contributed by atoms with Gasteiger partial charge in [0, 0.05) is 49.1 Å². The summed E-state index contributed by atoms with van der Waals surface area (Å²) in [6.45, 7) is 4.02. The predicted molar refractivity (Wildman–Crippen MR) is 95.7 cm³/mol. The second-order valence-corrected chi connectivity index (χ2v) is 5.89. The molecule has 3 aromatic rings. The lowest BCUT2D eigenvalue weighted by atomic mass is 10.2. The van der Waals surface area contributed by atoms with Crippen LogP contribution in [-0.2, 0) is 0 Å². The monoisotopic (exact) mass is 338 g/mol. The second kappa shape index (κ2) is 6.40. The van der Waals surface area contributed by atoms with Crippen LogP contribution in [0.2, 0.25) is 0 Å². The fourth-order valence-corrected chi connectivity index (χ4v) is 2.90. The van der Waals surface area contributed by atoms with Crippen LogP contribution >= 0.6 is 0 Å². The van der Waals surface area contributed by atoms with Gasteiger partial charge in [-0.25, -0.2) is 9.78 Å². The van der Waals surface area contributed by atoms with E-state index in [0.29, 0.717) is 17.0 Å². The number of aromatic carboxylic acids is 1. The number of hydrogen-bond donors (Lipinski definition) is 4. The number of carbonyl (C=O) groups is 1. The topological polar surface area (TPSA) is 106 Å². The molecule has 8 heteroatoms. The van der Waals surface area contributed by atoms with Gasteiger partial charge in [-0.1, -0.05) is 0 Å². The summed E-state index contributed by atoms with van der Waals surface area (Å²) in [7, 11) is 0. The van der Waals surface area contributed by atoms with E-state index < -0.39 is 5.97 Å². The minimum absolute atomic E-state index is 0.0989. The van der Waals surface area contributed by atoms with Crippen LogP contribution in [0.1, 0.15) is 10.5 Å². The maximum atomic E-state index is 11.0. The number of aromatic nitrogens is 3. The molecule has 1 aromatic carbocycles. The van der Waals surface area contributed by atoms with Crippen LogP contribution in [0.4, 0.5) is 17.3 Å². The standard InChI is InChI=1S/C17H18N6O2/c24-16(25)14-9-11-10-19-17(22-15(11)21-14)20-12-1-3-13(4-2-12)23-7-5-18-6-8-23/h1-4,9-10,18H,5-8H2,(H,24,25)(H2,19,20,21,22). The van der Waals surface area contributed by atoms with E-state index in [2.05, 4.69) is 42.6 Å². The predicted octanol–water partition coefficient (Wildman–Crippen LogP) is 1.81. The highest BCUT2D eigenvalue weighted by Gasteiger charge is 2.11. The minimum atomic E-state index is -1.02. The van der Waals surface area contributed by atoms with Gasteiger partial charge >= 0.3 is 5.97 Å². The lowest BCUT2D eigenvalue weighted by molar-refractivity contribution is 0.0691. The van der Waals surface area contributed by atoms with Crippen molar-refractivity contribution in [2.75, 3.05) is 36.4 Å². The summed E-state index contributed by atoms with van der Waals surface area (Å²) >= 11 is 0. The van der Waals surface area contributed by atoms with Crippen molar-refractivity contribution in [3.8, 4) is 0 Å². The Morgan fingerprint density at radius 1 is 1.20 bits per heavy atom. The Kier molecular flexibility index (Phi) is 3.95. The molecule has 1 saturated heterocycles. The van der Waals surface area contributed by atoms with Gasteiger partial charge in [-0.05, 0) is 30.3 Å². The normalized spacial score (nSPS) is 14.6. The number of nitrogens with zero attached hydrogens (tertiary/aromatic N) is 3. The number of hydrogen-bond acceptors (Lipinski definition) is 6. The number of benzene rings is 1. The van der Waals surface area contributed by atoms with Gasteiger partial charge < -0.3 is 25.6 Å². The summed E-state index contributed by atoms with van der Waals surface area (Å²) in [6, 6.07) is 9.64. The van der Waals surface area contributed by atoms with Crippen LogP contribution in [0, 0.1) is 0 Å². The van der Waals surface area contributed by atoms with Crippen molar-refractivity contribution >= 4 is 34.3 Å². The average molecular weight is 338 g/mol. The first-order valence-corrected chi connectivity index (χ1v) is 8.11. The Labute approximate surface area is 143 Å². The van der Waals surface area contributed by atoms with Gasteiger partial charge in [0.05, 0.1) is 0 Å². The first kappa shape index (κ1) is 15.4. The Morgan fingerprint density at radius 2 is 1.96 bits per heavy atom. The molecule has 1 aliphatic rings. The number of piperazine rings is 1. The van der Waals surface area contributed by atoms with Crippen LogP contribution in [0.3, 0.4) is 0 Å². The highest BCUT2D eigenvalue weighted by Crippen LogP contribution is 2.21. The van der Waals surface area contributed by atoms with Crippen molar-refractivity contribution in [2.24, 2.45) is 0 Å². The zero-order chi connectivity index (χ0) is 17.2. The number of nitrogens with one attached hydrogen (secondary N) is 3. The highest BCUT2D eigenvalue weighted by molar-refractivity contribution is 5.92. The van der Waals surface area contributed by atoms with Crippen LogP contribution in [-0.4, -0.2) is 52.2 Å². The van der Waals surface area contributed by atoms with Gasteiger partial charge in [0.15, 0.2) is 0 Å². The summed E-state index contributed by atoms with van der Waals surface area (Å²) in [5.41, 5.74) is 2.66. The molecule has 0 spiro atoms. The van der Waals surface area contributed by atoms with E-state index in [0.717, 1.165) is 31.9 Å². The molecule has 25 heavy (non-hydrogen) atoms. The number of carboxylic acid groups (broad SMARTS) is 1. The zero-order valence-corrected chi connectivity index (χ0v) is 13.5. The van der Waals surface area contributed by atoms with Crippen LogP contribution in [0.5, 0.6) is 0 Å². The molecule has 0 aliphatic carbocycles. The van der Waals surface area contributed by atoms with Gasteiger partial charge in [0.2, 0.25) is 5.95 Å². The van der Waals surface area contributed by atoms with Gasteiger partial charge in [-0.2, -0.15) is 4.98 Å². The molecule has 0 bridgehead atoms. The van der Waals surface area contributed by atoms with E-state index in [9.17, 15) is 4.79 Å². The van der Waals surface area contributed by atoms with Gasteiger partial charge in [0.25, 0.3) is 0 Å². The van der Waals surface area contributed by atoms with Crippen molar-refractivity contribution < 1.29 is 9.90 Å². The fourth-order valence-electron chi connectivity index (χ4n) is 2.90. The average Bonchev–Trinajstić information content (AvgIpc) is 3.07. The molecule has 4 N–H and O–H groups in total. The van der Waals surface area contributed by atoms with Crippen molar-refractivity contribution in [2.45, 2.75) is 0 Å². The van der Waals surface area contributed by atoms with Crippen LogP contribution in [0.25, 0.3) is 11.0 Å². The molecule has 1 fully saturated rings. The van der Waals surface area contributed by atoms with Crippen molar-refractivity contribution in [3.05, 3.63) is 42.2 Å². The van der Waals surface area contributed by atoms with E-state index in [1.54, 1.807) is 6.20 Å². The fraction of sp³-hybridized carbons (Fsp3) is 0.235. The number of rotatable bonds is 4. The minimum Gasteiger partial charge on any atom is -0.477 e. The SMILES string of the molecule is O=C(O)c1cc2cnc(Nc3ccc(N4CCNCC4)cc3)nc2[nH]1. The quantitative estimate of drug-likeness (QED) is 0.575. The Morgan fingerprint density at radius 3 is 2.68 bits per heavy atom. The van der Waals surface area contributed by atoms with E-state index in [1.165, 1.54) is 11.8 Å². The Hall–Kier alpha value is -3.13. The molecule has 3 heterocycles. The van der Waals surface area contributed by atoms with Crippen LogP contribution in [0.15, 0.2) is 36.5 Å². The third-order valence-corrected chi connectivity index (χ3v) is 4.21. The molecular formula is C17H18N6O2. The second-order valence-electron chi connectivity index (χ2n) is 5.89. The van der Waals surface area contributed by atoms with Gasteiger partial charge in [-0.3, -0.25) is 0 Å². The molecule has 0 saturated carbocycles. The van der Waals surface area contributed by atoms with Gasteiger partial charge in [-0.15, -0.1) is 0 Å². The summed E-state index contributed by atoms with van der Waals surface area (Å²) in [5.74, 6) is -0.600. The molecule has 0 amide bonds.